The van der Waals surface area contributed by atoms with E-state index in [9.17, 15) is 10.2 Å². The van der Waals surface area contributed by atoms with Crippen LogP contribution >= 0.6 is 0 Å². The number of aliphatic hydroxyl groups excluding tert-OH is 2. The number of ether oxygens (including phenoxy) is 2. The highest BCUT2D eigenvalue weighted by atomic mass is 16.5. The van der Waals surface area contributed by atoms with Gasteiger partial charge < -0.3 is 29.5 Å². The minimum absolute atomic E-state index is 0.269. The average molecular weight is 427 g/mol. The van der Waals surface area contributed by atoms with Gasteiger partial charge in [-0.25, -0.2) is 0 Å². The first-order valence-electron chi connectivity index (χ1n) is 11.4. The number of quaternary nitrogens is 2. The standard InChI is InChI=1S/C24H44N2O4/c1-17(2)25(18(3)4)13-21(27)15-29-23-9-11-24(12-10-23)30-16-22(28)14-26(19(5)6)20(7)8/h9-12,17-22,27-28H,13-16H2,1-8H3/p+2/t21-,22-/m0/s1. The Labute approximate surface area is 183 Å². The van der Waals surface area contributed by atoms with Crippen LogP contribution in [0.25, 0.3) is 0 Å². The molecule has 0 aliphatic rings. The van der Waals surface area contributed by atoms with Crippen LogP contribution in [0.2, 0.25) is 0 Å². The summed E-state index contributed by atoms with van der Waals surface area (Å²) >= 11 is 0. The largest absolute Gasteiger partial charge is 0.491 e. The van der Waals surface area contributed by atoms with Crippen molar-refractivity contribution in [3.8, 4) is 11.5 Å². The maximum Gasteiger partial charge on any atom is 0.137 e. The minimum atomic E-state index is -0.511. The first-order chi connectivity index (χ1) is 14.0. The molecule has 30 heavy (non-hydrogen) atoms. The lowest BCUT2D eigenvalue weighted by Crippen LogP contribution is -3.18. The third kappa shape index (κ3) is 9.65. The molecule has 0 heterocycles. The Bertz CT molecular complexity index is 508. The van der Waals surface area contributed by atoms with Gasteiger partial charge in [-0.1, -0.05) is 0 Å². The number of hydrogen-bond acceptors (Lipinski definition) is 4. The summed E-state index contributed by atoms with van der Waals surface area (Å²) < 4.78 is 11.5. The van der Waals surface area contributed by atoms with E-state index in [4.69, 9.17) is 9.47 Å². The SMILES string of the molecule is CC(C)[NH+](C[C@H](O)COc1ccc(OC[C@@H](O)C[NH+](C(C)C)C(C)C)cc1)C(C)C. The maximum atomic E-state index is 10.3. The Balaban J connectivity index is 2.44. The minimum Gasteiger partial charge on any atom is -0.491 e. The van der Waals surface area contributed by atoms with Crippen LogP contribution in [0.15, 0.2) is 24.3 Å². The molecule has 0 unspecified atom stereocenters. The highest BCUT2D eigenvalue weighted by Gasteiger charge is 2.22. The smallest absolute Gasteiger partial charge is 0.137 e. The van der Waals surface area contributed by atoms with Crippen molar-refractivity contribution in [2.75, 3.05) is 26.3 Å². The summed E-state index contributed by atoms with van der Waals surface area (Å²) in [5.74, 6) is 1.40. The summed E-state index contributed by atoms with van der Waals surface area (Å²) in [5.41, 5.74) is 0. The van der Waals surface area contributed by atoms with Crippen molar-refractivity contribution in [3.63, 3.8) is 0 Å². The maximum absolute atomic E-state index is 10.3. The van der Waals surface area contributed by atoms with Crippen LogP contribution in [0.3, 0.4) is 0 Å². The van der Waals surface area contributed by atoms with E-state index in [1.807, 2.05) is 24.3 Å². The molecule has 0 bridgehead atoms. The molecule has 0 saturated carbocycles. The molecule has 1 aromatic rings. The van der Waals surface area contributed by atoms with E-state index in [0.717, 1.165) is 0 Å². The van der Waals surface area contributed by atoms with Gasteiger partial charge in [0.15, 0.2) is 0 Å². The predicted molar refractivity (Wildman–Crippen MR) is 122 cm³/mol. The molecule has 0 saturated heterocycles. The molecule has 6 heteroatoms. The van der Waals surface area contributed by atoms with Gasteiger partial charge >= 0.3 is 0 Å². The van der Waals surface area contributed by atoms with E-state index in [2.05, 4.69) is 55.4 Å². The molecule has 1 aromatic carbocycles. The summed E-state index contributed by atoms with van der Waals surface area (Å²) in [7, 11) is 0. The van der Waals surface area contributed by atoms with Crippen LogP contribution in [0.4, 0.5) is 0 Å². The van der Waals surface area contributed by atoms with Crippen molar-refractivity contribution in [1.82, 2.24) is 0 Å². The fraction of sp³-hybridized carbons (Fsp3) is 0.750. The predicted octanol–water partition coefficient (Wildman–Crippen LogP) is 0.569. The average Bonchev–Trinajstić information content (AvgIpc) is 2.66. The molecular formula is C24H46N2O4+2. The number of aliphatic hydroxyl groups is 2. The van der Waals surface area contributed by atoms with Gasteiger partial charge in [0.2, 0.25) is 0 Å². The van der Waals surface area contributed by atoms with Crippen molar-refractivity contribution in [3.05, 3.63) is 24.3 Å². The molecule has 1 rings (SSSR count). The first-order valence-corrected chi connectivity index (χ1v) is 11.4. The van der Waals surface area contributed by atoms with Gasteiger partial charge in [-0.2, -0.15) is 0 Å². The molecule has 0 aliphatic heterocycles. The topological polar surface area (TPSA) is 67.8 Å². The summed E-state index contributed by atoms with van der Waals surface area (Å²) in [6, 6.07) is 9.19. The Morgan fingerprint density at radius 1 is 0.600 bits per heavy atom. The second-order valence-electron chi connectivity index (χ2n) is 9.58. The van der Waals surface area contributed by atoms with E-state index in [1.165, 1.54) is 9.80 Å². The van der Waals surface area contributed by atoms with Crippen molar-refractivity contribution in [2.24, 2.45) is 0 Å². The molecule has 2 atom stereocenters. The third-order valence-corrected chi connectivity index (χ3v) is 5.62. The molecule has 0 aromatic heterocycles. The van der Waals surface area contributed by atoms with Crippen LogP contribution in [0.5, 0.6) is 11.5 Å². The van der Waals surface area contributed by atoms with Crippen LogP contribution in [0, 0.1) is 0 Å². The van der Waals surface area contributed by atoms with Crippen LogP contribution in [-0.4, -0.2) is 72.9 Å². The molecule has 0 radical (unpaired) electrons. The zero-order valence-electron chi connectivity index (χ0n) is 20.3. The van der Waals surface area contributed by atoms with E-state index < -0.39 is 12.2 Å². The molecule has 0 spiro atoms. The molecule has 0 amide bonds. The van der Waals surface area contributed by atoms with Gasteiger partial charge in [-0.3, -0.25) is 0 Å². The lowest BCUT2D eigenvalue weighted by atomic mass is 10.2. The van der Waals surface area contributed by atoms with Gasteiger partial charge in [0.25, 0.3) is 0 Å². The van der Waals surface area contributed by atoms with Gasteiger partial charge in [-0.05, 0) is 79.7 Å². The first kappa shape index (κ1) is 26.7. The highest BCUT2D eigenvalue weighted by molar-refractivity contribution is 5.31. The number of rotatable bonds is 14. The van der Waals surface area contributed by atoms with Gasteiger partial charge in [0.1, 0.15) is 50.0 Å². The van der Waals surface area contributed by atoms with Crippen LogP contribution < -0.4 is 19.3 Å². The number of hydrogen-bond donors (Lipinski definition) is 4. The molecule has 6 nitrogen and oxygen atoms in total. The van der Waals surface area contributed by atoms with E-state index in [1.54, 1.807) is 0 Å². The van der Waals surface area contributed by atoms with Crippen LogP contribution in [-0.2, 0) is 0 Å². The van der Waals surface area contributed by atoms with Crippen molar-refractivity contribution >= 4 is 0 Å². The summed E-state index contributed by atoms with van der Waals surface area (Å²) in [6.07, 6.45) is -1.02. The van der Waals surface area contributed by atoms with E-state index in [-0.39, 0.29) is 13.2 Å². The van der Waals surface area contributed by atoms with Gasteiger partial charge in [0.05, 0.1) is 24.2 Å². The molecular weight excluding hydrogens is 380 g/mol. The van der Waals surface area contributed by atoms with Crippen LogP contribution in [0.1, 0.15) is 55.4 Å². The Kier molecular flexibility index (Phi) is 11.7. The fourth-order valence-electron chi connectivity index (χ4n) is 3.96. The molecule has 4 N–H and O–H groups in total. The molecule has 174 valence electrons. The number of nitrogens with one attached hydrogen (secondary N) is 2. The normalized spacial score (nSPS) is 14.4. The highest BCUT2D eigenvalue weighted by Crippen LogP contribution is 2.17. The zero-order chi connectivity index (χ0) is 22.8. The lowest BCUT2D eigenvalue weighted by Gasteiger charge is -2.29. The van der Waals surface area contributed by atoms with Gasteiger partial charge in [-0.15, -0.1) is 0 Å². The van der Waals surface area contributed by atoms with Crippen molar-refractivity contribution in [1.29, 1.82) is 0 Å². The Morgan fingerprint density at radius 2 is 0.867 bits per heavy atom. The number of benzene rings is 1. The lowest BCUT2D eigenvalue weighted by molar-refractivity contribution is -0.945. The summed E-state index contributed by atoms with van der Waals surface area (Å²) in [4.78, 5) is 2.73. The quantitative estimate of drug-likeness (QED) is 0.351. The van der Waals surface area contributed by atoms with E-state index in [0.29, 0.717) is 48.8 Å². The Hall–Kier alpha value is -1.34. The third-order valence-electron chi connectivity index (χ3n) is 5.62. The van der Waals surface area contributed by atoms with Crippen molar-refractivity contribution in [2.45, 2.75) is 91.8 Å². The van der Waals surface area contributed by atoms with E-state index >= 15 is 0 Å². The monoisotopic (exact) mass is 426 g/mol. The fourth-order valence-corrected chi connectivity index (χ4v) is 3.96. The molecule has 0 aliphatic carbocycles. The van der Waals surface area contributed by atoms with Gasteiger partial charge in [0, 0.05) is 0 Å². The second-order valence-corrected chi connectivity index (χ2v) is 9.58. The zero-order valence-corrected chi connectivity index (χ0v) is 20.3. The molecule has 0 fully saturated rings. The second kappa shape index (κ2) is 13.2. The summed E-state index contributed by atoms with van der Waals surface area (Å²) in [6.45, 7) is 19.2. The summed E-state index contributed by atoms with van der Waals surface area (Å²) in [5, 5.41) is 20.7. The Morgan fingerprint density at radius 3 is 1.10 bits per heavy atom. The van der Waals surface area contributed by atoms with Crippen molar-refractivity contribution < 1.29 is 29.5 Å².